The molecule has 0 spiro atoms. The van der Waals surface area contributed by atoms with Gasteiger partial charge in [0.2, 0.25) is 17.6 Å². The fraction of sp³-hybridized carbons (Fsp3) is 0.853. The molecule has 1 saturated heterocycles. The Morgan fingerprint density at radius 2 is 1.64 bits per heavy atom. The van der Waals surface area contributed by atoms with Crippen LogP contribution in [0.4, 0.5) is 4.79 Å². The van der Waals surface area contributed by atoms with E-state index in [0.717, 1.165) is 51.4 Å². The Balaban J connectivity index is 1.59. The number of Topliss-reactive ketones (excluding diaryl/α,β-unsaturated/α-hetero) is 1. The Morgan fingerprint density at radius 3 is 2.18 bits per heavy atom. The topological polar surface area (TPSA) is 160 Å². The van der Waals surface area contributed by atoms with Crippen molar-refractivity contribution in [3.05, 3.63) is 0 Å². The van der Waals surface area contributed by atoms with Gasteiger partial charge in [0.1, 0.15) is 12.1 Å². The summed E-state index contributed by atoms with van der Waals surface area (Å²) in [4.78, 5) is 68.6. The number of nitrogens with one attached hydrogen (secondary N) is 3. The summed E-state index contributed by atoms with van der Waals surface area (Å²) in [5.74, 6) is -1.96. The number of ether oxygens (including phenoxy) is 1. The van der Waals surface area contributed by atoms with Crippen LogP contribution in [0.5, 0.6) is 0 Å². The largest absolute Gasteiger partial charge is 0.382 e. The summed E-state index contributed by atoms with van der Waals surface area (Å²) in [7, 11) is 1.60. The molecular formula is C34H57N5O6. The van der Waals surface area contributed by atoms with Crippen LogP contribution in [0.25, 0.3) is 0 Å². The fourth-order valence-corrected chi connectivity index (χ4v) is 8.69. The number of hydrogen-bond donors (Lipinski definition) is 4. The molecule has 45 heavy (non-hydrogen) atoms. The highest BCUT2D eigenvalue weighted by atomic mass is 16.5. The highest BCUT2D eigenvalue weighted by Gasteiger charge is 2.70. The monoisotopic (exact) mass is 631 g/mol. The molecule has 1 heterocycles. The number of urea groups is 1. The zero-order valence-corrected chi connectivity index (χ0v) is 28.5. The zero-order chi connectivity index (χ0) is 33.3. The number of rotatable bonds is 14. The average Bonchev–Trinajstić information content (AvgIpc) is 3.24. The lowest BCUT2D eigenvalue weighted by atomic mass is 9.70. The molecule has 3 aliphatic carbocycles. The van der Waals surface area contributed by atoms with Crippen LogP contribution in [0.15, 0.2) is 0 Å². The number of nitrogens with zero attached hydrogens (tertiary/aromatic N) is 1. The van der Waals surface area contributed by atoms with Gasteiger partial charge in [-0.15, -0.1) is 0 Å². The third-order valence-electron chi connectivity index (χ3n) is 11.4. The summed E-state index contributed by atoms with van der Waals surface area (Å²) < 4.78 is 5.44. The maximum atomic E-state index is 14.6. The first kappa shape index (κ1) is 35.2. The molecule has 4 fully saturated rings. The van der Waals surface area contributed by atoms with E-state index in [9.17, 15) is 24.0 Å². The van der Waals surface area contributed by atoms with Gasteiger partial charge in [-0.05, 0) is 67.1 Å². The van der Waals surface area contributed by atoms with Crippen molar-refractivity contribution < 1.29 is 28.7 Å². The molecule has 3 unspecified atom stereocenters. The van der Waals surface area contributed by atoms with Gasteiger partial charge in [0, 0.05) is 13.7 Å². The van der Waals surface area contributed by atoms with Crippen molar-refractivity contribution in [2.24, 2.45) is 40.2 Å². The Morgan fingerprint density at radius 1 is 1.00 bits per heavy atom. The van der Waals surface area contributed by atoms with E-state index in [1.165, 1.54) is 0 Å². The molecule has 0 aromatic heterocycles. The number of primary amides is 1. The third-order valence-corrected chi connectivity index (χ3v) is 11.4. The number of piperidine rings is 1. The van der Waals surface area contributed by atoms with E-state index >= 15 is 0 Å². The smallest absolute Gasteiger partial charge is 0.315 e. The summed E-state index contributed by atoms with van der Waals surface area (Å²) in [6, 6.07) is -3.08. The molecule has 1 aliphatic heterocycles. The second-order valence-corrected chi connectivity index (χ2v) is 16.0. The Hall–Kier alpha value is -2.69. The van der Waals surface area contributed by atoms with Gasteiger partial charge in [-0.2, -0.15) is 0 Å². The van der Waals surface area contributed by atoms with Gasteiger partial charge in [0.25, 0.3) is 5.91 Å². The minimum absolute atomic E-state index is 0.0841. The number of likely N-dealkylation sites (tertiary alicyclic amines) is 1. The first-order valence-electron chi connectivity index (χ1n) is 17.0. The highest BCUT2D eigenvalue weighted by molar-refractivity contribution is 6.37. The quantitative estimate of drug-likeness (QED) is 0.215. The molecule has 6 atom stereocenters. The summed E-state index contributed by atoms with van der Waals surface area (Å²) in [6.07, 6.45) is 8.56. The van der Waals surface area contributed by atoms with E-state index in [1.807, 2.05) is 6.92 Å². The first-order valence-corrected chi connectivity index (χ1v) is 17.0. The molecule has 11 nitrogen and oxygen atoms in total. The number of nitrogens with two attached hydrogens (primary N) is 1. The van der Waals surface area contributed by atoms with E-state index in [1.54, 1.807) is 12.0 Å². The van der Waals surface area contributed by atoms with Crippen LogP contribution in [-0.4, -0.2) is 78.4 Å². The molecule has 4 aliphatic rings. The minimum Gasteiger partial charge on any atom is -0.382 e. The van der Waals surface area contributed by atoms with Crippen molar-refractivity contribution in [2.45, 2.75) is 129 Å². The SMILES string of the molecule is COC[C@@](C)(CC(C)C)NC(=O)N[C@H](C(=O)N1CC2C([C@H]1C(=O)NC(CC1CCC1)C(=O)C(N)=O)C2(C)C)C1(C)CCCCC1. The summed E-state index contributed by atoms with van der Waals surface area (Å²) in [5, 5.41) is 9.02. The second-order valence-electron chi connectivity index (χ2n) is 16.0. The number of ketones is 1. The van der Waals surface area contributed by atoms with Crippen molar-refractivity contribution in [1.82, 2.24) is 20.9 Å². The van der Waals surface area contributed by atoms with Crippen LogP contribution in [0, 0.1) is 34.5 Å². The lowest BCUT2D eigenvalue weighted by Crippen LogP contribution is -2.64. The van der Waals surface area contributed by atoms with Crippen molar-refractivity contribution in [3.8, 4) is 0 Å². The van der Waals surface area contributed by atoms with E-state index in [4.69, 9.17) is 10.5 Å². The van der Waals surface area contributed by atoms with Gasteiger partial charge in [-0.1, -0.05) is 73.1 Å². The van der Waals surface area contributed by atoms with Gasteiger partial charge >= 0.3 is 6.03 Å². The molecule has 0 aromatic rings. The maximum absolute atomic E-state index is 14.6. The molecule has 3 saturated carbocycles. The van der Waals surface area contributed by atoms with Crippen LogP contribution in [0.1, 0.15) is 106 Å². The third kappa shape index (κ3) is 7.66. The Bertz CT molecular complexity index is 1150. The molecule has 0 bridgehead atoms. The summed E-state index contributed by atoms with van der Waals surface area (Å²) in [5.41, 5.74) is 4.11. The zero-order valence-electron chi connectivity index (χ0n) is 28.5. The summed E-state index contributed by atoms with van der Waals surface area (Å²) in [6.45, 7) is 13.1. The maximum Gasteiger partial charge on any atom is 0.315 e. The highest BCUT2D eigenvalue weighted by Crippen LogP contribution is 2.65. The van der Waals surface area contributed by atoms with Gasteiger partial charge in [-0.3, -0.25) is 19.2 Å². The van der Waals surface area contributed by atoms with E-state index in [0.29, 0.717) is 31.9 Å². The first-order chi connectivity index (χ1) is 21.0. The van der Waals surface area contributed by atoms with Gasteiger partial charge in [-0.25, -0.2) is 4.79 Å². The van der Waals surface area contributed by atoms with Crippen molar-refractivity contribution >= 4 is 29.5 Å². The molecule has 254 valence electrons. The number of carbonyl (C=O) groups is 5. The number of amides is 5. The Labute approximate surface area is 268 Å². The number of carbonyl (C=O) groups excluding carboxylic acids is 5. The normalized spacial score (nSPS) is 27.7. The number of methoxy groups -OCH3 is 1. The minimum atomic E-state index is -1.07. The predicted octanol–water partition coefficient (Wildman–Crippen LogP) is 3.29. The molecular weight excluding hydrogens is 574 g/mol. The molecule has 4 rings (SSSR count). The van der Waals surface area contributed by atoms with Gasteiger partial charge < -0.3 is 31.3 Å². The van der Waals surface area contributed by atoms with Crippen molar-refractivity contribution in [3.63, 3.8) is 0 Å². The van der Waals surface area contributed by atoms with Crippen LogP contribution in [-0.2, 0) is 23.9 Å². The summed E-state index contributed by atoms with van der Waals surface area (Å²) >= 11 is 0. The molecule has 0 radical (unpaired) electrons. The average molecular weight is 632 g/mol. The number of fused-ring (bicyclic) bond motifs is 1. The van der Waals surface area contributed by atoms with E-state index < -0.39 is 52.7 Å². The molecule has 11 heteroatoms. The van der Waals surface area contributed by atoms with Gasteiger partial charge in [0.15, 0.2) is 0 Å². The van der Waals surface area contributed by atoms with Gasteiger partial charge in [0.05, 0.1) is 18.2 Å². The van der Waals surface area contributed by atoms with Crippen molar-refractivity contribution in [1.29, 1.82) is 0 Å². The van der Waals surface area contributed by atoms with Crippen molar-refractivity contribution in [2.75, 3.05) is 20.3 Å². The lowest BCUT2D eigenvalue weighted by molar-refractivity contribution is -0.146. The molecule has 5 amide bonds. The molecule has 5 N–H and O–H groups in total. The van der Waals surface area contributed by atoms with Crippen LogP contribution < -0.4 is 21.7 Å². The molecule has 0 aromatic carbocycles. The Kier molecular flexibility index (Phi) is 10.6. The van der Waals surface area contributed by atoms with E-state index in [-0.39, 0.29) is 29.1 Å². The van der Waals surface area contributed by atoms with E-state index in [2.05, 4.69) is 50.6 Å². The van der Waals surface area contributed by atoms with Crippen LogP contribution >= 0.6 is 0 Å². The second kappa shape index (κ2) is 13.6. The van der Waals surface area contributed by atoms with Crippen LogP contribution in [0.2, 0.25) is 0 Å². The number of hydrogen-bond acceptors (Lipinski definition) is 6. The van der Waals surface area contributed by atoms with Crippen LogP contribution in [0.3, 0.4) is 0 Å². The predicted molar refractivity (Wildman–Crippen MR) is 171 cm³/mol. The fourth-order valence-electron chi connectivity index (χ4n) is 8.69. The lowest BCUT2D eigenvalue weighted by Gasteiger charge is -2.43. The standard InChI is InChI=1S/C34H57N5O6/c1-20(2)17-34(6,19-45-7)38-31(44)37-27(33(5)14-9-8-10-15-33)30(43)39-18-22-24(32(22,3)4)25(39)29(42)36-23(26(40)28(35)41)16-21-12-11-13-21/h20-25,27H,8-19H2,1-7H3,(H2,35,41)(H,36,42)(H2,37,38,44)/t22?,23?,24?,25-,27+,34+/m0/s1.